The van der Waals surface area contributed by atoms with Crippen LogP contribution >= 0.6 is 0 Å². The van der Waals surface area contributed by atoms with Crippen molar-refractivity contribution in [2.75, 3.05) is 44.3 Å². The van der Waals surface area contributed by atoms with Crippen molar-refractivity contribution >= 4 is 23.8 Å². The molecule has 2 heterocycles. The molecular weight excluding hydrogens is 397 g/mol. The summed E-state index contributed by atoms with van der Waals surface area (Å²) in [4.78, 5) is 40.9. The van der Waals surface area contributed by atoms with E-state index in [0.29, 0.717) is 0 Å². The van der Waals surface area contributed by atoms with Crippen molar-refractivity contribution < 1.29 is 33.4 Å². The van der Waals surface area contributed by atoms with Gasteiger partial charge in [-0.2, -0.15) is 0 Å². The highest BCUT2D eigenvalue weighted by Crippen LogP contribution is 2.26. The van der Waals surface area contributed by atoms with Gasteiger partial charge in [-0.25, -0.2) is 14.0 Å². The van der Waals surface area contributed by atoms with E-state index in [4.69, 9.17) is 9.47 Å². The molecule has 30 heavy (non-hydrogen) atoms. The molecular formula is C20H26FN3O6. The van der Waals surface area contributed by atoms with Gasteiger partial charge in [0.25, 0.3) is 5.91 Å². The molecule has 0 bridgehead atoms. The van der Waals surface area contributed by atoms with Gasteiger partial charge in [0.15, 0.2) is 0 Å². The minimum absolute atomic E-state index is 0.0135. The van der Waals surface area contributed by atoms with E-state index in [1.807, 2.05) is 0 Å². The van der Waals surface area contributed by atoms with Gasteiger partial charge in [0.05, 0.1) is 23.9 Å². The molecule has 0 aromatic heterocycles. The van der Waals surface area contributed by atoms with E-state index in [0.717, 1.165) is 11.0 Å². The third-order valence-corrected chi connectivity index (χ3v) is 4.85. The molecule has 0 spiro atoms. The Kier molecular flexibility index (Phi) is 6.16. The number of amides is 3. The van der Waals surface area contributed by atoms with E-state index >= 15 is 0 Å². The SMILES string of the molecule is CC(C)(C)OC(=O)N1CCN(C(=O)c2ccc(N3C(=O)OCC3CO)cc2F)CC1. The van der Waals surface area contributed by atoms with E-state index < -0.39 is 35.6 Å². The van der Waals surface area contributed by atoms with Crippen molar-refractivity contribution in [1.29, 1.82) is 0 Å². The second kappa shape index (κ2) is 8.47. The first-order valence-electron chi connectivity index (χ1n) is 9.74. The lowest BCUT2D eigenvalue weighted by molar-refractivity contribution is 0.0140. The van der Waals surface area contributed by atoms with Crippen molar-refractivity contribution in [1.82, 2.24) is 9.80 Å². The molecule has 9 nitrogen and oxygen atoms in total. The fraction of sp³-hybridized carbons (Fsp3) is 0.550. The number of carbonyl (C=O) groups excluding carboxylic acids is 3. The van der Waals surface area contributed by atoms with Gasteiger partial charge < -0.3 is 24.4 Å². The zero-order valence-corrected chi connectivity index (χ0v) is 17.3. The highest BCUT2D eigenvalue weighted by atomic mass is 19.1. The third kappa shape index (κ3) is 4.64. The van der Waals surface area contributed by atoms with Crippen LogP contribution in [0.5, 0.6) is 0 Å². The van der Waals surface area contributed by atoms with Crippen molar-refractivity contribution in [3.05, 3.63) is 29.6 Å². The molecule has 0 radical (unpaired) electrons. The van der Waals surface area contributed by atoms with Gasteiger partial charge in [0.1, 0.15) is 18.0 Å². The fourth-order valence-corrected chi connectivity index (χ4v) is 3.33. The summed E-state index contributed by atoms with van der Waals surface area (Å²) in [6, 6.07) is 3.24. The molecule has 164 valence electrons. The third-order valence-electron chi connectivity index (χ3n) is 4.85. The number of anilines is 1. The molecule has 0 saturated carbocycles. The highest BCUT2D eigenvalue weighted by molar-refractivity contribution is 5.96. The Labute approximate surface area is 173 Å². The summed E-state index contributed by atoms with van der Waals surface area (Å²) in [6.45, 7) is 6.12. The minimum atomic E-state index is -0.775. The van der Waals surface area contributed by atoms with Crippen LogP contribution in [-0.4, -0.2) is 84.0 Å². The Morgan fingerprint density at radius 1 is 1.20 bits per heavy atom. The van der Waals surface area contributed by atoms with Crippen LogP contribution in [0.15, 0.2) is 18.2 Å². The molecule has 2 aliphatic rings. The highest BCUT2D eigenvalue weighted by Gasteiger charge is 2.35. The maximum atomic E-state index is 14.7. The Morgan fingerprint density at radius 2 is 1.83 bits per heavy atom. The lowest BCUT2D eigenvalue weighted by Crippen LogP contribution is -2.51. The van der Waals surface area contributed by atoms with Gasteiger partial charge >= 0.3 is 12.2 Å². The minimum Gasteiger partial charge on any atom is -0.447 e. The lowest BCUT2D eigenvalue weighted by Gasteiger charge is -2.35. The zero-order chi connectivity index (χ0) is 22.1. The molecule has 2 aliphatic heterocycles. The van der Waals surface area contributed by atoms with Gasteiger partial charge in [-0.3, -0.25) is 9.69 Å². The number of halogens is 1. The fourth-order valence-electron chi connectivity index (χ4n) is 3.33. The summed E-state index contributed by atoms with van der Waals surface area (Å²) in [5.74, 6) is -1.27. The predicted molar refractivity (Wildman–Crippen MR) is 105 cm³/mol. The average Bonchev–Trinajstić information content (AvgIpc) is 3.06. The molecule has 3 amide bonds. The van der Waals surface area contributed by atoms with Crippen LogP contribution in [0, 0.1) is 5.82 Å². The largest absolute Gasteiger partial charge is 0.447 e. The number of rotatable bonds is 3. The zero-order valence-electron chi connectivity index (χ0n) is 17.3. The van der Waals surface area contributed by atoms with Crippen LogP contribution in [0.25, 0.3) is 0 Å². The standard InChI is InChI=1S/C20H26FN3O6/c1-20(2,3)30-18(27)23-8-6-22(7-9-23)17(26)15-5-4-13(10-16(15)21)24-14(11-25)12-29-19(24)28/h4-5,10,14,25H,6-9,11-12H2,1-3H3. The van der Waals surface area contributed by atoms with Gasteiger partial charge in [-0.15, -0.1) is 0 Å². The number of carbonyl (C=O) groups is 3. The lowest BCUT2D eigenvalue weighted by atomic mass is 10.1. The molecule has 1 unspecified atom stereocenters. The van der Waals surface area contributed by atoms with E-state index in [-0.39, 0.29) is 50.6 Å². The summed E-state index contributed by atoms with van der Waals surface area (Å²) in [5, 5.41) is 9.36. The molecule has 1 aromatic rings. The molecule has 3 rings (SSSR count). The van der Waals surface area contributed by atoms with Crippen LogP contribution in [0.3, 0.4) is 0 Å². The Hall–Kier alpha value is -2.88. The average molecular weight is 423 g/mol. The van der Waals surface area contributed by atoms with Crippen LogP contribution in [0.4, 0.5) is 19.7 Å². The predicted octanol–water partition coefficient (Wildman–Crippen LogP) is 1.84. The Morgan fingerprint density at radius 3 is 2.40 bits per heavy atom. The van der Waals surface area contributed by atoms with Crippen molar-refractivity contribution in [3.8, 4) is 0 Å². The number of aliphatic hydroxyl groups is 1. The number of piperazine rings is 1. The quantitative estimate of drug-likeness (QED) is 0.796. The monoisotopic (exact) mass is 423 g/mol. The van der Waals surface area contributed by atoms with Gasteiger partial charge in [-0.05, 0) is 39.0 Å². The van der Waals surface area contributed by atoms with Crippen LogP contribution in [0.1, 0.15) is 31.1 Å². The Bertz CT molecular complexity index is 832. The van der Waals surface area contributed by atoms with E-state index in [2.05, 4.69) is 0 Å². The van der Waals surface area contributed by atoms with Gasteiger partial charge in [0, 0.05) is 26.2 Å². The van der Waals surface area contributed by atoms with Crippen LogP contribution in [0.2, 0.25) is 0 Å². The van der Waals surface area contributed by atoms with Crippen molar-refractivity contribution in [2.24, 2.45) is 0 Å². The van der Waals surface area contributed by atoms with Crippen LogP contribution < -0.4 is 4.90 Å². The number of hydrogen-bond donors (Lipinski definition) is 1. The van der Waals surface area contributed by atoms with E-state index in [1.165, 1.54) is 21.9 Å². The summed E-state index contributed by atoms with van der Waals surface area (Å²) < 4.78 is 24.9. The first-order chi connectivity index (χ1) is 14.1. The number of benzene rings is 1. The number of aliphatic hydroxyl groups excluding tert-OH is 1. The van der Waals surface area contributed by atoms with Crippen LogP contribution in [-0.2, 0) is 9.47 Å². The van der Waals surface area contributed by atoms with Gasteiger partial charge in [-0.1, -0.05) is 0 Å². The van der Waals surface area contributed by atoms with E-state index in [9.17, 15) is 23.9 Å². The number of ether oxygens (including phenoxy) is 2. The molecule has 1 atom stereocenters. The molecule has 1 aromatic carbocycles. The van der Waals surface area contributed by atoms with Crippen molar-refractivity contribution in [3.63, 3.8) is 0 Å². The number of cyclic esters (lactones) is 1. The summed E-state index contributed by atoms with van der Waals surface area (Å²) in [6.07, 6.45) is -1.12. The topological polar surface area (TPSA) is 99.6 Å². The molecule has 2 saturated heterocycles. The summed E-state index contributed by atoms with van der Waals surface area (Å²) in [7, 11) is 0. The first-order valence-corrected chi connectivity index (χ1v) is 9.74. The smallest absolute Gasteiger partial charge is 0.414 e. The summed E-state index contributed by atoms with van der Waals surface area (Å²) >= 11 is 0. The second-order valence-electron chi connectivity index (χ2n) is 8.21. The molecule has 2 fully saturated rings. The molecule has 1 N–H and O–H groups in total. The Balaban J connectivity index is 1.65. The number of nitrogens with zero attached hydrogens (tertiary/aromatic N) is 3. The van der Waals surface area contributed by atoms with E-state index in [1.54, 1.807) is 20.8 Å². The second-order valence-corrected chi connectivity index (χ2v) is 8.21. The number of hydrogen-bond acceptors (Lipinski definition) is 6. The normalized spacial score (nSPS) is 19.7. The maximum absolute atomic E-state index is 14.7. The summed E-state index contributed by atoms with van der Waals surface area (Å²) in [5.41, 5.74) is -0.524. The van der Waals surface area contributed by atoms with Gasteiger partial charge in [0.2, 0.25) is 0 Å². The molecule has 0 aliphatic carbocycles. The maximum Gasteiger partial charge on any atom is 0.414 e. The molecule has 10 heteroatoms. The first kappa shape index (κ1) is 21.8. The van der Waals surface area contributed by atoms with Crippen molar-refractivity contribution in [2.45, 2.75) is 32.4 Å².